The second kappa shape index (κ2) is 6.44. The van der Waals surface area contributed by atoms with Gasteiger partial charge in [-0.1, -0.05) is 45.0 Å². The van der Waals surface area contributed by atoms with E-state index < -0.39 is 0 Å². The van der Waals surface area contributed by atoms with Crippen molar-refractivity contribution in [2.24, 2.45) is 0 Å². The van der Waals surface area contributed by atoms with Gasteiger partial charge in [0.15, 0.2) is 4.96 Å². The van der Waals surface area contributed by atoms with Gasteiger partial charge in [-0.15, -0.1) is 11.3 Å². The summed E-state index contributed by atoms with van der Waals surface area (Å²) in [7, 11) is 1.70. The maximum atomic E-state index is 12.6. The fraction of sp³-hybridized carbons (Fsp3) is 0.316. The van der Waals surface area contributed by atoms with Gasteiger partial charge in [-0.2, -0.15) is 0 Å². The van der Waals surface area contributed by atoms with Gasteiger partial charge in [-0.3, -0.25) is 14.0 Å². The number of benzene rings is 1. The Labute approximate surface area is 150 Å². The van der Waals surface area contributed by atoms with Crippen molar-refractivity contribution in [3.8, 4) is 0 Å². The molecule has 0 aliphatic rings. The lowest BCUT2D eigenvalue weighted by molar-refractivity contribution is 0.0782. The highest BCUT2D eigenvalue weighted by Gasteiger charge is 2.18. The summed E-state index contributed by atoms with van der Waals surface area (Å²) in [6.45, 7) is 6.94. The van der Waals surface area contributed by atoms with Crippen LogP contribution in [0.1, 0.15) is 42.3 Å². The van der Waals surface area contributed by atoms with Crippen molar-refractivity contribution >= 4 is 22.2 Å². The molecule has 5 nitrogen and oxygen atoms in total. The zero-order chi connectivity index (χ0) is 18.2. The van der Waals surface area contributed by atoms with Crippen LogP contribution in [0.2, 0.25) is 0 Å². The lowest BCUT2D eigenvalue weighted by Crippen LogP contribution is -2.32. The monoisotopic (exact) mass is 355 g/mol. The number of thiazole rings is 1. The highest BCUT2D eigenvalue weighted by molar-refractivity contribution is 7.15. The van der Waals surface area contributed by atoms with Gasteiger partial charge in [0, 0.05) is 31.4 Å². The molecule has 0 N–H and O–H groups in total. The van der Waals surface area contributed by atoms with Crippen LogP contribution < -0.4 is 5.56 Å². The summed E-state index contributed by atoms with van der Waals surface area (Å²) in [4.78, 5) is 31.4. The van der Waals surface area contributed by atoms with Crippen LogP contribution in [0.25, 0.3) is 4.96 Å². The Morgan fingerprint density at radius 2 is 1.92 bits per heavy atom. The first-order valence-corrected chi connectivity index (χ1v) is 8.95. The van der Waals surface area contributed by atoms with Gasteiger partial charge in [0.25, 0.3) is 11.5 Å². The Morgan fingerprint density at radius 1 is 1.24 bits per heavy atom. The predicted octanol–water partition coefficient (Wildman–Crippen LogP) is 3.33. The molecule has 3 rings (SSSR count). The van der Waals surface area contributed by atoms with E-state index in [0.29, 0.717) is 11.5 Å². The minimum atomic E-state index is -0.328. The summed E-state index contributed by atoms with van der Waals surface area (Å²) in [5, 5.41) is 1.78. The Bertz CT molecular complexity index is 965. The normalized spacial score (nSPS) is 11.7. The van der Waals surface area contributed by atoms with Crippen molar-refractivity contribution in [1.82, 2.24) is 14.3 Å². The standard InChI is InChI=1S/C19H21N3O2S/c1-19(2,3)14-7-5-13(6-8-14)12-21(4)16(23)15-11-20-18-22(17(15)24)9-10-25-18/h5-11H,12H2,1-4H3. The molecule has 0 aliphatic carbocycles. The van der Waals surface area contributed by atoms with E-state index in [1.807, 2.05) is 12.1 Å². The number of nitrogens with zero attached hydrogens (tertiary/aromatic N) is 3. The van der Waals surface area contributed by atoms with E-state index in [9.17, 15) is 9.59 Å². The van der Waals surface area contributed by atoms with E-state index in [4.69, 9.17) is 0 Å². The highest BCUT2D eigenvalue weighted by Crippen LogP contribution is 2.22. The molecule has 0 unspecified atom stereocenters. The second-order valence-corrected chi connectivity index (χ2v) is 8.01. The molecule has 0 radical (unpaired) electrons. The summed E-state index contributed by atoms with van der Waals surface area (Å²) >= 11 is 1.36. The molecule has 0 saturated heterocycles. The average Bonchev–Trinajstić information content (AvgIpc) is 3.04. The summed E-state index contributed by atoms with van der Waals surface area (Å²) in [5.41, 5.74) is 2.12. The average molecular weight is 355 g/mol. The number of rotatable bonds is 3. The number of amides is 1. The molecule has 6 heteroatoms. The Balaban J connectivity index is 1.80. The molecule has 0 aliphatic heterocycles. The molecule has 1 aromatic carbocycles. The summed E-state index contributed by atoms with van der Waals surface area (Å²) in [5.74, 6) is -0.321. The molecule has 0 saturated carbocycles. The number of aromatic nitrogens is 2. The summed E-state index contributed by atoms with van der Waals surface area (Å²) < 4.78 is 1.41. The lowest BCUT2D eigenvalue weighted by Gasteiger charge is -2.20. The van der Waals surface area contributed by atoms with Crippen LogP contribution in [0.3, 0.4) is 0 Å². The third kappa shape index (κ3) is 3.49. The van der Waals surface area contributed by atoms with E-state index in [-0.39, 0.29) is 22.4 Å². The quantitative estimate of drug-likeness (QED) is 0.724. The van der Waals surface area contributed by atoms with Crippen molar-refractivity contribution < 1.29 is 4.79 Å². The molecule has 25 heavy (non-hydrogen) atoms. The summed E-state index contributed by atoms with van der Waals surface area (Å²) in [6, 6.07) is 8.22. The number of hydrogen-bond donors (Lipinski definition) is 0. The topological polar surface area (TPSA) is 54.7 Å². The molecule has 3 aromatic rings. The Kier molecular flexibility index (Phi) is 4.47. The highest BCUT2D eigenvalue weighted by atomic mass is 32.1. The van der Waals surface area contributed by atoms with Crippen LogP contribution in [0.4, 0.5) is 0 Å². The largest absolute Gasteiger partial charge is 0.337 e. The van der Waals surface area contributed by atoms with Crippen LogP contribution in [-0.4, -0.2) is 27.2 Å². The van der Waals surface area contributed by atoms with Gasteiger partial charge in [-0.05, 0) is 16.5 Å². The van der Waals surface area contributed by atoms with Crippen molar-refractivity contribution in [2.75, 3.05) is 7.05 Å². The zero-order valence-corrected chi connectivity index (χ0v) is 15.6. The van der Waals surface area contributed by atoms with Gasteiger partial charge in [-0.25, -0.2) is 4.98 Å². The maximum absolute atomic E-state index is 12.6. The fourth-order valence-electron chi connectivity index (χ4n) is 2.63. The third-order valence-electron chi connectivity index (χ3n) is 4.16. The van der Waals surface area contributed by atoms with E-state index in [0.717, 1.165) is 5.56 Å². The van der Waals surface area contributed by atoms with E-state index in [1.54, 1.807) is 23.5 Å². The van der Waals surface area contributed by atoms with E-state index >= 15 is 0 Å². The fourth-order valence-corrected chi connectivity index (χ4v) is 3.31. The van der Waals surface area contributed by atoms with Crippen molar-refractivity contribution in [2.45, 2.75) is 32.7 Å². The van der Waals surface area contributed by atoms with Crippen LogP contribution in [0.5, 0.6) is 0 Å². The number of fused-ring (bicyclic) bond motifs is 1. The number of carbonyl (C=O) groups is 1. The molecule has 2 heterocycles. The first kappa shape index (κ1) is 17.4. The van der Waals surface area contributed by atoms with E-state index in [2.05, 4.69) is 37.9 Å². The first-order valence-electron chi connectivity index (χ1n) is 8.07. The Hall–Kier alpha value is -2.47. The molecule has 2 aromatic heterocycles. The molecular weight excluding hydrogens is 334 g/mol. The van der Waals surface area contributed by atoms with Crippen molar-refractivity contribution in [3.05, 3.63) is 69.1 Å². The molecular formula is C19H21N3O2S. The first-order chi connectivity index (χ1) is 11.8. The SMILES string of the molecule is CN(Cc1ccc(C(C)(C)C)cc1)C(=O)c1cnc2sccn2c1=O. The number of hydrogen-bond acceptors (Lipinski definition) is 4. The van der Waals surface area contributed by atoms with Crippen LogP contribution >= 0.6 is 11.3 Å². The number of carbonyl (C=O) groups excluding carboxylic acids is 1. The maximum Gasteiger partial charge on any atom is 0.271 e. The van der Waals surface area contributed by atoms with Gasteiger partial charge in [0.1, 0.15) is 5.56 Å². The van der Waals surface area contributed by atoms with Gasteiger partial charge < -0.3 is 4.90 Å². The van der Waals surface area contributed by atoms with Crippen molar-refractivity contribution in [1.29, 1.82) is 0 Å². The minimum absolute atomic E-state index is 0.0877. The van der Waals surface area contributed by atoms with Crippen LogP contribution in [0, 0.1) is 0 Å². The van der Waals surface area contributed by atoms with Gasteiger partial charge in [0.2, 0.25) is 0 Å². The lowest BCUT2D eigenvalue weighted by atomic mass is 9.87. The predicted molar refractivity (Wildman–Crippen MR) is 100 cm³/mol. The molecule has 0 spiro atoms. The van der Waals surface area contributed by atoms with Gasteiger partial charge >= 0.3 is 0 Å². The second-order valence-electron chi connectivity index (χ2n) is 7.14. The van der Waals surface area contributed by atoms with Crippen molar-refractivity contribution in [3.63, 3.8) is 0 Å². The molecule has 0 fully saturated rings. The zero-order valence-electron chi connectivity index (χ0n) is 14.8. The smallest absolute Gasteiger partial charge is 0.271 e. The molecule has 0 atom stereocenters. The molecule has 0 bridgehead atoms. The third-order valence-corrected chi connectivity index (χ3v) is 4.93. The van der Waals surface area contributed by atoms with E-state index in [1.165, 1.54) is 27.5 Å². The molecule has 1 amide bonds. The molecule has 130 valence electrons. The Morgan fingerprint density at radius 3 is 2.56 bits per heavy atom. The minimum Gasteiger partial charge on any atom is -0.337 e. The van der Waals surface area contributed by atoms with Gasteiger partial charge in [0.05, 0.1) is 0 Å². The van der Waals surface area contributed by atoms with Crippen LogP contribution in [-0.2, 0) is 12.0 Å². The summed E-state index contributed by atoms with van der Waals surface area (Å²) in [6.07, 6.45) is 3.01. The van der Waals surface area contributed by atoms with Crippen LogP contribution in [0.15, 0.2) is 46.8 Å².